The van der Waals surface area contributed by atoms with Gasteiger partial charge in [-0.3, -0.25) is 0 Å². The van der Waals surface area contributed by atoms with Crippen LogP contribution in [0.15, 0.2) is 42.6 Å². The molecule has 0 N–H and O–H groups in total. The van der Waals surface area contributed by atoms with E-state index in [2.05, 4.69) is 9.97 Å². The molecule has 0 spiro atoms. The van der Waals surface area contributed by atoms with Crippen LogP contribution in [0, 0.1) is 6.92 Å². The Morgan fingerprint density at radius 1 is 1.15 bits per heavy atom. The van der Waals surface area contributed by atoms with E-state index >= 15 is 0 Å². The number of ether oxygens (including phenoxy) is 1. The highest BCUT2D eigenvalue weighted by molar-refractivity contribution is 6.33. The van der Waals surface area contributed by atoms with Gasteiger partial charge in [-0.25, -0.2) is 9.97 Å². The number of aryl methyl sites for hydroxylation is 1. The van der Waals surface area contributed by atoms with Crippen LogP contribution in [0.3, 0.4) is 0 Å². The van der Waals surface area contributed by atoms with Gasteiger partial charge in [-0.1, -0.05) is 29.8 Å². The van der Waals surface area contributed by atoms with Crippen molar-refractivity contribution in [3.8, 4) is 5.75 Å². The second-order valence-electron chi connectivity index (χ2n) is 4.47. The lowest BCUT2D eigenvalue weighted by Gasteiger charge is -2.08. The number of nitrogens with zero attached hydrogens (tertiary/aromatic N) is 3. The van der Waals surface area contributed by atoms with Crippen LogP contribution in [0.1, 0.15) is 5.82 Å². The maximum Gasteiger partial charge on any atom is 0.145 e. The smallest absolute Gasteiger partial charge is 0.145 e. The minimum atomic E-state index is 0.496. The molecule has 0 saturated heterocycles. The van der Waals surface area contributed by atoms with Gasteiger partial charge in [0.05, 0.1) is 11.9 Å². The number of benzene rings is 1. The molecule has 3 aromatic rings. The minimum absolute atomic E-state index is 0.496. The number of rotatable bonds is 4. The molecule has 0 radical (unpaired) electrons. The lowest BCUT2D eigenvalue weighted by molar-refractivity contribution is 0.300. The molecular weight excluding hydrogens is 274 g/mol. The summed E-state index contributed by atoms with van der Waals surface area (Å²) in [7, 11) is 0. The Labute approximate surface area is 122 Å². The van der Waals surface area contributed by atoms with E-state index < -0.39 is 0 Å². The Kier molecular flexibility index (Phi) is 3.56. The van der Waals surface area contributed by atoms with Crippen molar-refractivity contribution in [2.45, 2.75) is 13.5 Å². The normalized spacial score (nSPS) is 10.9. The number of fused-ring (bicyclic) bond motifs is 1. The van der Waals surface area contributed by atoms with Crippen molar-refractivity contribution in [1.82, 2.24) is 14.5 Å². The summed E-state index contributed by atoms with van der Waals surface area (Å²) in [5.41, 5.74) is 0.846. The third kappa shape index (κ3) is 2.60. The fourth-order valence-corrected chi connectivity index (χ4v) is 2.36. The van der Waals surface area contributed by atoms with Gasteiger partial charge in [-0.15, -0.1) is 0 Å². The summed E-state index contributed by atoms with van der Waals surface area (Å²) in [6, 6.07) is 11.7. The Bertz CT molecular complexity index is 725. The van der Waals surface area contributed by atoms with Crippen molar-refractivity contribution < 1.29 is 4.74 Å². The fraction of sp³-hybridized carbons (Fsp3) is 0.200. The van der Waals surface area contributed by atoms with Gasteiger partial charge < -0.3 is 9.30 Å². The molecule has 1 aromatic carbocycles. The number of aromatic nitrogens is 3. The van der Waals surface area contributed by atoms with Crippen LogP contribution in [0.5, 0.6) is 5.75 Å². The van der Waals surface area contributed by atoms with Crippen LogP contribution < -0.4 is 4.74 Å². The van der Waals surface area contributed by atoms with E-state index in [-0.39, 0.29) is 0 Å². The fourth-order valence-electron chi connectivity index (χ4n) is 2.09. The highest BCUT2D eigenvalue weighted by Gasteiger charge is 2.08. The highest BCUT2D eigenvalue weighted by atomic mass is 35.5. The summed E-state index contributed by atoms with van der Waals surface area (Å²) in [5, 5.41) is 1.37. The van der Waals surface area contributed by atoms with E-state index in [1.165, 1.54) is 0 Å². The van der Waals surface area contributed by atoms with Gasteiger partial charge in [0, 0.05) is 6.20 Å². The first kappa shape index (κ1) is 12.9. The number of halogens is 1. The SMILES string of the molecule is Cc1nc(Cl)c2ccn(CCOc3ccccc3)c2n1. The molecule has 0 aliphatic heterocycles. The Morgan fingerprint density at radius 2 is 1.95 bits per heavy atom. The summed E-state index contributed by atoms with van der Waals surface area (Å²) in [6.07, 6.45) is 1.96. The van der Waals surface area contributed by atoms with Crippen LogP contribution in [0.4, 0.5) is 0 Å². The standard InChI is InChI=1S/C15H14ClN3O/c1-11-17-14(16)13-7-8-19(15(13)18-11)9-10-20-12-5-3-2-4-6-12/h2-8H,9-10H2,1H3. The monoisotopic (exact) mass is 287 g/mol. The van der Waals surface area contributed by atoms with Gasteiger partial charge in [0.2, 0.25) is 0 Å². The first-order valence-electron chi connectivity index (χ1n) is 6.41. The molecule has 0 fully saturated rings. The number of hydrogen-bond donors (Lipinski definition) is 0. The van der Waals surface area contributed by atoms with Crippen molar-refractivity contribution in [1.29, 1.82) is 0 Å². The second-order valence-corrected chi connectivity index (χ2v) is 4.83. The second kappa shape index (κ2) is 5.51. The zero-order valence-electron chi connectivity index (χ0n) is 11.1. The summed E-state index contributed by atoms with van der Waals surface area (Å²) in [6.45, 7) is 3.13. The predicted molar refractivity (Wildman–Crippen MR) is 79.2 cm³/mol. The average Bonchev–Trinajstić information content (AvgIpc) is 2.83. The van der Waals surface area contributed by atoms with Crippen molar-refractivity contribution in [2.75, 3.05) is 6.61 Å². The van der Waals surface area contributed by atoms with Crippen molar-refractivity contribution in [2.24, 2.45) is 0 Å². The zero-order chi connectivity index (χ0) is 13.9. The van der Waals surface area contributed by atoms with Crippen LogP contribution >= 0.6 is 11.6 Å². The van der Waals surface area contributed by atoms with E-state index in [1.807, 2.05) is 54.1 Å². The molecule has 0 unspecified atom stereocenters. The molecule has 4 nitrogen and oxygen atoms in total. The van der Waals surface area contributed by atoms with Gasteiger partial charge in [0.1, 0.15) is 29.0 Å². The molecule has 3 rings (SSSR count). The largest absolute Gasteiger partial charge is 0.492 e. The lowest BCUT2D eigenvalue weighted by Crippen LogP contribution is -2.08. The summed E-state index contributed by atoms with van der Waals surface area (Å²) in [4.78, 5) is 8.59. The third-order valence-electron chi connectivity index (χ3n) is 3.03. The average molecular weight is 288 g/mol. The summed E-state index contributed by atoms with van der Waals surface area (Å²) < 4.78 is 7.72. The summed E-state index contributed by atoms with van der Waals surface area (Å²) >= 11 is 6.11. The Morgan fingerprint density at radius 3 is 2.75 bits per heavy atom. The molecule has 5 heteroatoms. The van der Waals surface area contributed by atoms with E-state index in [4.69, 9.17) is 16.3 Å². The van der Waals surface area contributed by atoms with Crippen molar-refractivity contribution in [3.63, 3.8) is 0 Å². The van der Waals surface area contributed by atoms with Gasteiger partial charge >= 0.3 is 0 Å². The molecule has 2 heterocycles. The van der Waals surface area contributed by atoms with Crippen LogP contribution in [-0.2, 0) is 6.54 Å². The summed E-state index contributed by atoms with van der Waals surface area (Å²) in [5.74, 6) is 1.54. The molecule has 20 heavy (non-hydrogen) atoms. The highest BCUT2D eigenvalue weighted by Crippen LogP contribution is 2.21. The number of para-hydroxylation sites is 1. The van der Waals surface area contributed by atoms with Gasteiger partial charge in [-0.2, -0.15) is 0 Å². The maximum atomic E-state index is 6.11. The molecule has 0 amide bonds. The topological polar surface area (TPSA) is 39.9 Å². The Balaban J connectivity index is 1.75. The Hall–Kier alpha value is -2.07. The quantitative estimate of drug-likeness (QED) is 0.690. The van der Waals surface area contributed by atoms with E-state index in [9.17, 15) is 0 Å². The molecular formula is C15H14ClN3O. The van der Waals surface area contributed by atoms with E-state index in [1.54, 1.807) is 0 Å². The molecule has 0 aliphatic carbocycles. The van der Waals surface area contributed by atoms with Crippen LogP contribution in [-0.4, -0.2) is 21.1 Å². The molecule has 102 valence electrons. The van der Waals surface area contributed by atoms with Crippen LogP contribution in [0.2, 0.25) is 5.15 Å². The zero-order valence-corrected chi connectivity index (χ0v) is 11.8. The minimum Gasteiger partial charge on any atom is -0.492 e. The van der Waals surface area contributed by atoms with Gasteiger partial charge in [0.25, 0.3) is 0 Å². The molecule has 0 bridgehead atoms. The van der Waals surface area contributed by atoms with E-state index in [0.717, 1.165) is 16.8 Å². The molecule has 0 atom stereocenters. The molecule has 2 aromatic heterocycles. The van der Waals surface area contributed by atoms with Crippen molar-refractivity contribution >= 4 is 22.6 Å². The van der Waals surface area contributed by atoms with Crippen LogP contribution in [0.25, 0.3) is 11.0 Å². The van der Waals surface area contributed by atoms with Gasteiger partial charge in [-0.05, 0) is 25.1 Å². The first-order valence-corrected chi connectivity index (χ1v) is 6.78. The van der Waals surface area contributed by atoms with Gasteiger partial charge in [0.15, 0.2) is 0 Å². The lowest BCUT2D eigenvalue weighted by atomic mass is 10.3. The first-order chi connectivity index (χ1) is 9.74. The van der Waals surface area contributed by atoms with E-state index in [0.29, 0.717) is 24.1 Å². The predicted octanol–water partition coefficient (Wildman–Crippen LogP) is 3.47. The maximum absolute atomic E-state index is 6.11. The molecule has 0 aliphatic rings. The molecule has 0 saturated carbocycles. The third-order valence-corrected chi connectivity index (χ3v) is 3.32. The number of hydrogen-bond acceptors (Lipinski definition) is 3. The van der Waals surface area contributed by atoms with Crippen molar-refractivity contribution in [3.05, 3.63) is 53.6 Å².